The zero-order chi connectivity index (χ0) is 22.5. The number of rotatable bonds is 10. The molecule has 174 valence electrons. The first-order chi connectivity index (χ1) is 14.2. The molecule has 0 bridgehead atoms. The van der Waals surface area contributed by atoms with Crippen molar-refractivity contribution in [2.24, 2.45) is 11.8 Å². The molecular formula is C26H41IrN4. The molecule has 0 fully saturated rings. The summed E-state index contributed by atoms with van der Waals surface area (Å²) in [6, 6.07) is 17.5. The van der Waals surface area contributed by atoms with Crippen LogP contribution in [0.4, 0.5) is 0 Å². The molecule has 2 rings (SSSR count). The minimum absolute atomic E-state index is 0. The van der Waals surface area contributed by atoms with Gasteiger partial charge in [-0.1, -0.05) is 67.5 Å². The average Bonchev–Trinajstić information content (AvgIpc) is 2.67. The normalized spacial score (nSPS) is 11.3. The van der Waals surface area contributed by atoms with Gasteiger partial charge >= 0.3 is 20.1 Å². The standard InChI is InChI=1S/C15H33N3.C11H8N.Ir/c1-11(2)9-18(10-12(3)4)15(16-13(5)6)17-14(7)8;1-2-6-10(7-3-1)11-8-4-5-9-12-11;/h11-15H,9-10H2,1-8H3;1-6,8-9H;/q-2;-1;+3. The van der Waals surface area contributed by atoms with E-state index in [0.717, 1.165) is 24.3 Å². The predicted octanol–water partition coefficient (Wildman–Crippen LogP) is 6.99. The Hall–Kier alpha value is -1.10. The molecule has 0 atom stereocenters. The minimum atomic E-state index is 0. The van der Waals surface area contributed by atoms with E-state index in [-0.39, 0.29) is 26.4 Å². The Kier molecular flexibility index (Phi) is 15.9. The Labute approximate surface area is 205 Å². The van der Waals surface area contributed by atoms with Crippen LogP contribution in [0.5, 0.6) is 0 Å². The molecule has 0 aliphatic rings. The average molecular weight is 602 g/mol. The van der Waals surface area contributed by atoms with Gasteiger partial charge in [-0.05, 0) is 36.7 Å². The number of hydrogen-bond acceptors (Lipinski definition) is 2. The van der Waals surface area contributed by atoms with Gasteiger partial charge in [0.25, 0.3) is 0 Å². The first-order valence-electron chi connectivity index (χ1n) is 11.2. The number of hydrogen-bond donors (Lipinski definition) is 0. The quantitative estimate of drug-likeness (QED) is 0.276. The maximum absolute atomic E-state index is 4.78. The topological polar surface area (TPSA) is 44.3 Å². The molecule has 4 nitrogen and oxygen atoms in total. The molecule has 0 unspecified atom stereocenters. The van der Waals surface area contributed by atoms with Crippen molar-refractivity contribution in [2.45, 2.75) is 73.8 Å². The molecule has 31 heavy (non-hydrogen) atoms. The maximum atomic E-state index is 4.78. The van der Waals surface area contributed by atoms with E-state index in [1.165, 1.54) is 0 Å². The number of aromatic nitrogens is 1. The van der Waals surface area contributed by atoms with Crippen LogP contribution in [-0.2, 0) is 20.1 Å². The van der Waals surface area contributed by atoms with Crippen LogP contribution in [0.2, 0.25) is 0 Å². The summed E-state index contributed by atoms with van der Waals surface area (Å²) in [5.74, 6) is 1.30. The van der Waals surface area contributed by atoms with E-state index in [1.54, 1.807) is 6.20 Å². The summed E-state index contributed by atoms with van der Waals surface area (Å²) in [6.07, 6.45) is 1.81. The van der Waals surface area contributed by atoms with E-state index in [1.807, 2.05) is 42.5 Å². The van der Waals surface area contributed by atoms with Crippen LogP contribution in [-0.4, -0.2) is 41.3 Å². The van der Waals surface area contributed by atoms with Gasteiger partial charge in [-0.2, -0.15) is 6.29 Å². The van der Waals surface area contributed by atoms with Crippen LogP contribution in [0.25, 0.3) is 21.9 Å². The third-order valence-electron chi connectivity index (χ3n) is 4.04. The fraction of sp³-hybridized carbons (Fsp3) is 0.577. The van der Waals surface area contributed by atoms with E-state index in [0.29, 0.717) is 23.9 Å². The van der Waals surface area contributed by atoms with E-state index in [9.17, 15) is 0 Å². The molecule has 1 heterocycles. The molecule has 0 N–H and O–H groups in total. The second kappa shape index (κ2) is 16.5. The monoisotopic (exact) mass is 602 g/mol. The summed E-state index contributed by atoms with van der Waals surface area (Å²) in [5.41, 5.74) is 2.01. The van der Waals surface area contributed by atoms with Gasteiger partial charge in [-0.3, -0.25) is 0 Å². The number of benzene rings is 1. The zero-order valence-corrected chi connectivity index (χ0v) is 22.9. The second-order valence-electron chi connectivity index (χ2n) is 9.06. The van der Waals surface area contributed by atoms with Crippen molar-refractivity contribution in [3.8, 4) is 11.3 Å². The summed E-state index contributed by atoms with van der Waals surface area (Å²) in [7, 11) is 0. The van der Waals surface area contributed by atoms with Crippen molar-refractivity contribution in [1.82, 2.24) is 9.88 Å². The summed E-state index contributed by atoms with van der Waals surface area (Å²) < 4.78 is 0. The van der Waals surface area contributed by atoms with E-state index >= 15 is 0 Å². The molecule has 1 aromatic heterocycles. The van der Waals surface area contributed by atoms with Crippen LogP contribution in [0.1, 0.15) is 55.4 Å². The molecule has 5 heteroatoms. The van der Waals surface area contributed by atoms with Crippen molar-refractivity contribution in [3.63, 3.8) is 0 Å². The van der Waals surface area contributed by atoms with Crippen LogP contribution in [0.15, 0.2) is 48.7 Å². The van der Waals surface area contributed by atoms with Gasteiger partial charge < -0.3 is 20.5 Å². The fourth-order valence-corrected chi connectivity index (χ4v) is 3.04. The molecule has 0 spiro atoms. The molecule has 0 saturated carbocycles. The van der Waals surface area contributed by atoms with E-state index in [4.69, 9.17) is 10.6 Å². The van der Waals surface area contributed by atoms with Gasteiger partial charge in [-0.15, -0.1) is 48.0 Å². The third kappa shape index (κ3) is 13.8. The van der Waals surface area contributed by atoms with Crippen molar-refractivity contribution < 1.29 is 20.1 Å². The summed E-state index contributed by atoms with van der Waals surface area (Å²) in [4.78, 5) is 6.64. The number of nitrogens with zero attached hydrogens (tertiary/aromatic N) is 4. The molecule has 2 aromatic rings. The SMILES string of the molecule is CC(C)CN(CC(C)C)C([N-]C(C)C)[N-]C(C)C.[Ir+3].[c-]1ccccc1-c1ccccn1. The van der Waals surface area contributed by atoms with Gasteiger partial charge in [0.2, 0.25) is 0 Å². The Balaban J connectivity index is 0.000000598. The zero-order valence-electron chi connectivity index (χ0n) is 20.5. The smallest absolute Gasteiger partial charge is 0.663 e. The molecule has 0 aliphatic heterocycles. The van der Waals surface area contributed by atoms with Crippen molar-refractivity contribution in [3.05, 3.63) is 65.4 Å². The predicted molar refractivity (Wildman–Crippen MR) is 131 cm³/mol. The van der Waals surface area contributed by atoms with E-state index in [2.05, 4.69) is 71.3 Å². The Morgan fingerprint density at radius 2 is 1.35 bits per heavy atom. The summed E-state index contributed by atoms with van der Waals surface area (Å²) >= 11 is 0. The van der Waals surface area contributed by atoms with Gasteiger partial charge in [0.15, 0.2) is 0 Å². The number of pyridine rings is 1. The van der Waals surface area contributed by atoms with Crippen molar-refractivity contribution in [1.29, 1.82) is 0 Å². The molecule has 1 aromatic carbocycles. The van der Waals surface area contributed by atoms with Gasteiger partial charge in [-0.25, -0.2) is 0 Å². The third-order valence-corrected chi connectivity index (χ3v) is 4.04. The Bertz CT molecular complexity index is 580. The van der Waals surface area contributed by atoms with Gasteiger partial charge in [0, 0.05) is 6.20 Å². The molecule has 0 saturated heterocycles. The molecular weight excluding hydrogens is 561 g/mol. The largest absolute Gasteiger partial charge is 3.00 e. The first-order valence-corrected chi connectivity index (χ1v) is 11.2. The van der Waals surface area contributed by atoms with Gasteiger partial charge in [0.1, 0.15) is 0 Å². The fourth-order valence-electron chi connectivity index (χ4n) is 3.04. The molecule has 0 radical (unpaired) electrons. The second-order valence-corrected chi connectivity index (χ2v) is 9.06. The van der Waals surface area contributed by atoms with Gasteiger partial charge in [0.05, 0.1) is 0 Å². The van der Waals surface area contributed by atoms with Crippen molar-refractivity contribution in [2.75, 3.05) is 13.1 Å². The Morgan fingerprint density at radius 1 is 0.806 bits per heavy atom. The molecule has 0 amide bonds. The maximum Gasteiger partial charge on any atom is 3.00 e. The Morgan fingerprint density at radius 3 is 1.74 bits per heavy atom. The van der Waals surface area contributed by atoms with Crippen LogP contribution < -0.4 is 0 Å². The van der Waals surface area contributed by atoms with Crippen LogP contribution in [0.3, 0.4) is 0 Å². The van der Waals surface area contributed by atoms with Crippen molar-refractivity contribution >= 4 is 0 Å². The van der Waals surface area contributed by atoms with E-state index < -0.39 is 0 Å². The molecule has 0 aliphatic carbocycles. The van der Waals surface area contributed by atoms with Crippen LogP contribution >= 0.6 is 0 Å². The summed E-state index contributed by atoms with van der Waals surface area (Å²) in [5, 5.41) is 9.57. The summed E-state index contributed by atoms with van der Waals surface area (Å²) in [6.45, 7) is 19.7. The minimum Gasteiger partial charge on any atom is -0.663 e. The first kappa shape index (κ1) is 29.9. The van der Waals surface area contributed by atoms with Crippen LogP contribution in [0, 0.1) is 17.9 Å².